The monoisotopic (exact) mass is 266 g/mol. The van der Waals surface area contributed by atoms with Crippen molar-refractivity contribution in [2.24, 2.45) is 0 Å². The van der Waals surface area contributed by atoms with Gasteiger partial charge in [0.25, 0.3) is 0 Å². The molecule has 3 aromatic rings. The van der Waals surface area contributed by atoms with Crippen LogP contribution in [0.3, 0.4) is 0 Å². The van der Waals surface area contributed by atoms with Gasteiger partial charge in [0.2, 0.25) is 0 Å². The zero-order valence-corrected chi connectivity index (χ0v) is 11.2. The van der Waals surface area contributed by atoms with E-state index in [2.05, 4.69) is 10.3 Å². The third kappa shape index (κ3) is 2.28. The number of pyridine rings is 1. The average molecular weight is 266 g/mol. The average Bonchev–Trinajstić information content (AvgIpc) is 2.49. The number of fused-ring (bicyclic) bond motifs is 1. The lowest BCUT2D eigenvalue weighted by atomic mass is 9.97. The van der Waals surface area contributed by atoms with Crippen LogP contribution in [0.15, 0.2) is 54.7 Å². The summed E-state index contributed by atoms with van der Waals surface area (Å²) in [5.41, 5.74) is 3.82. The third-order valence-electron chi connectivity index (χ3n) is 3.36. The highest BCUT2D eigenvalue weighted by Crippen LogP contribution is 2.30. The maximum atomic E-state index is 13.6. The Morgan fingerprint density at radius 3 is 2.75 bits per heavy atom. The first-order chi connectivity index (χ1) is 9.79. The van der Waals surface area contributed by atoms with Gasteiger partial charge in [0.05, 0.1) is 5.52 Å². The fraction of sp³-hybridized carbons (Fsp3) is 0.118. The minimum atomic E-state index is -0.229. The maximum absolute atomic E-state index is 13.6. The van der Waals surface area contributed by atoms with Gasteiger partial charge in [-0.15, -0.1) is 0 Å². The molecule has 0 aliphatic heterocycles. The number of halogens is 1. The molecule has 0 fully saturated rings. The molecule has 0 aliphatic rings. The van der Waals surface area contributed by atoms with Crippen LogP contribution in [-0.4, -0.2) is 12.0 Å². The quantitative estimate of drug-likeness (QED) is 0.780. The molecule has 2 aromatic carbocycles. The van der Waals surface area contributed by atoms with Gasteiger partial charge in [-0.05, 0) is 36.4 Å². The zero-order chi connectivity index (χ0) is 13.9. The summed E-state index contributed by atoms with van der Waals surface area (Å²) >= 11 is 0. The van der Waals surface area contributed by atoms with Crippen molar-refractivity contribution >= 4 is 10.9 Å². The fourth-order valence-electron chi connectivity index (χ4n) is 2.47. The highest BCUT2D eigenvalue weighted by Gasteiger charge is 2.10. The molecule has 1 aromatic heterocycles. The number of aromatic nitrogens is 1. The van der Waals surface area contributed by atoms with Gasteiger partial charge in [-0.2, -0.15) is 0 Å². The van der Waals surface area contributed by atoms with Crippen molar-refractivity contribution in [3.8, 4) is 11.1 Å². The van der Waals surface area contributed by atoms with Crippen molar-refractivity contribution in [3.63, 3.8) is 0 Å². The van der Waals surface area contributed by atoms with Crippen LogP contribution in [0.4, 0.5) is 4.39 Å². The Balaban J connectivity index is 2.27. The van der Waals surface area contributed by atoms with Gasteiger partial charge in [-0.25, -0.2) is 4.39 Å². The first-order valence-electron chi connectivity index (χ1n) is 6.57. The van der Waals surface area contributed by atoms with Gasteiger partial charge >= 0.3 is 0 Å². The summed E-state index contributed by atoms with van der Waals surface area (Å²) in [5, 5.41) is 4.18. The van der Waals surface area contributed by atoms with Crippen molar-refractivity contribution < 1.29 is 4.39 Å². The van der Waals surface area contributed by atoms with E-state index in [0.29, 0.717) is 6.54 Å². The molecule has 0 bridgehead atoms. The Kier molecular flexibility index (Phi) is 3.44. The van der Waals surface area contributed by atoms with E-state index >= 15 is 0 Å². The minimum absolute atomic E-state index is 0.229. The van der Waals surface area contributed by atoms with Crippen molar-refractivity contribution in [1.82, 2.24) is 10.3 Å². The van der Waals surface area contributed by atoms with E-state index in [1.54, 1.807) is 12.3 Å². The van der Waals surface area contributed by atoms with Crippen molar-refractivity contribution in [1.29, 1.82) is 0 Å². The molecule has 0 radical (unpaired) electrons. The van der Waals surface area contributed by atoms with Crippen LogP contribution in [0.1, 0.15) is 5.56 Å². The smallest absolute Gasteiger partial charge is 0.123 e. The Labute approximate surface area is 117 Å². The van der Waals surface area contributed by atoms with Crippen molar-refractivity contribution in [2.75, 3.05) is 7.05 Å². The Morgan fingerprint density at radius 1 is 1.05 bits per heavy atom. The molecule has 0 spiro atoms. The van der Waals surface area contributed by atoms with E-state index in [9.17, 15) is 4.39 Å². The number of benzene rings is 2. The van der Waals surface area contributed by atoms with Crippen LogP contribution < -0.4 is 5.32 Å². The second-order valence-electron chi connectivity index (χ2n) is 4.71. The van der Waals surface area contributed by atoms with Gasteiger partial charge in [0, 0.05) is 23.7 Å². The van der Waals surface area contributed by atoms with Crippen LogP contribution in [0.2, 0.25) is 0 Å². The Morgan fingerprint density at radius 2 is 1.90 bits per heavy atom. The maximum Gasteiger partial charge on any atom is 0.123 e. The first kappa shape index (κ1) is 12.8. The SMILES string of the molecule is CNCc1ccc(F)cc1-c1cccc2cccnc12. The summed E-state index contributed by atoms with van der Waals surface area (Å²) in [5.74, 6) is -0.229. The lowest BCUT2D eigenvalue weighted by Crippen LogP contribution is -2.06. The molecule has 20 heavy (non-hydrogen) atoms. The van der Waals surface area contributed by atoms with Crippen LogP contribution in [0.25, 0.3) is 22.0 Å². The van der Waals surface area contributed by atoms with Crippen molar-refractivity contribution in [2.45, 2.75) is 6.54 Å². The molecule has 2 nitrogen and oxygen atoms in total. The summed E-state index contributed by atoms with van der Waals surface area (Å²) in [6.07, 6.45) is 1.77. The molecule has 0 saturated heterocycles. The molecule has 3 heteroatoms. The number of nitrogens with zero attached hydrogens (tertiary/aromatic N) is 1. The molecule has 1 N–H and O–H groups in total. The van der Waals surface area contributed by atoms with Crippen molar-refractivity contribution in [3.05, 3.63) is 66.1 Å². The topological polar surface area (TPSA) is 24.9 Å². The largest absolute Gasteiger partial charge is 0.316 e. The highest BCUT2D eigenvalue weighted by molar-refractivity contribution is 5.94. The third-order valence-corrected chi connectivity index (χ3v) is 3.36. The van der Waals surface area contributed by atoms with Crippen LogP contribution in [0, 0.1) is 5.82 Å². The molecule has 0 amide bonds. The Hall–Kier alpha value is -2.26. The van der Waals surface area contributed by atoms with Crippen LogP contribution >= 0.6 is 0 Å². The molecule has 1 heterocycles. The molecular formula is C17H15FN2. The summed E-state index contributed by atoms with van der Waals surface area (Å²) in [6.45, 7) is 0.693. The highest BCUT2D eigenvalue weighted by atomic mass is 19.1. The molecule has 100 valence electrons. The fourth-order valence-corrected chi connectivity index (χ4v) is 2.47. The van der Waals surface area contributed by atoms with E-state index in [-0.39, 0.29) is 5.82 Å². The van der Waals surface area contributed by atoms with Gasteiger partial charge in [-0.3, -0.25) is 4.98 Å². The predicted molar refractivity (Wildman–Crippen MR) is 79.9 cm³/mol. The van der Waals surface area contributed by atoms with Gasteiger partial charge < -0.3 is 5.32 Å². The van der Waals surface area contributed by atoms with Crippen LogP contribution in [0.5, 0.6) is 0 Å². The summed E-state index contributed by atoms with van der Waals surface area (Å²) in [7, 11) is 1.88. The number of hydrogen-bond acceptors (Lipinski definition) is 2. The van der Waals surface area contributed by atoms with Gasteiger partial charge in [-0.1, -0.05) is 30.3 Å². The van der Waals surface area contributed by atoms with Gasteiger partial charge in [0.15, 0.2) is 0 Å². The normalized spacial score (nSPS) is 10.9. The second kappa shape index (κ2) is 5.39. The lowest BCUT2D eigenvalue weighted by Gasteiger charge is -2.11. The summed E-state index contributed by atoms with van der Waals surface area (Å²) in [4.78, 5) is 4.45. The van der Waals surface area contributed by atoms with E-state index in [4.69, 9.17) is 0 Å². The van der Waals surface area contributed by atoms with Crippen LogP contribution in [-0.2, 0) is 6.54 Å². The zero-order valence-electron chi connectivity index (χ0n) is 11.2. The number of hydrogen-bond donors (Lipinski definition) is 1. The predicted octanol–water partition coefficient (Wildman–Crippen LogP) is 3.76. The minimum Gasteiger partial charge on any atom is -0.316 e. The Bertz CT molecular complexity index is 748. The molecule has 3 rings (SSSR count). The molecule has 0 saturated carbocycles. The molecule has 0 unspecified atom stereocenters. The lowest BCUT2D eigenvalue weighted by molar-refractivity contribution is 0.627. The number of nitrogens with one attached hydrogen (secondary N) is 1. The summed E-state index contributed by atoms with van der Waals surface area (Å²) in [6, 6.07) is 14.8. The molecular weight excluding hydrogens is 251 g/mol. The first-order valence-corrected chi connectivity index (χ1v) is 6.57. The van der Waals surface area contributed by atoms with E-state index in [0.717, 1.165) is 27.6 Å². The molecule has 0 atom stereocenters. The van der Waals surface area contributed by atoms with Gasteiger partial charge in [0.1, 0.15) is 5.82 Å². The standard InChI is InChI=1S/C17H15FN2/c1-19-11-13-7-8-14(18)10-16(13)15-6-2-4-12-5-3-9-20-17(12)15/h2-10,19H,11H2,1H3. The molecule has 0 aliphatic carbocycles. The number of rotatable bonds is 3. The van der Waals surface area contributed by atoms with E-state index < -0.39 is 0 Å². The van der Waals surface area contributed by atoms with E-state index in [1.807, 2.05) is 43.4 Å². The number of para-hydroxylation sites is 1. The van der Waals surface area contributed by atoms with E-state index in [1.165, 1.54) is 6.07 Å². The second-order valence-corrected chi connectivity index (χ2v) is 4.71. The summed E-state index contributed by atoms with van der Waals surface area (Å²) < 4.78 is 13.6.